The maximum absolute atomic E-state index is 4.49. The first kappa shape index (κ1) is 15.7. The molecule has 2 N–H and O–H groups in total. The van der Waals surface area contributed by atoms with Crippen LogP contribution in [-0.2, 0) is 0 Å². The Bertz CT molecular complexity index is 363. The maximum Gasteiger partial charge on any atom is 0.224 e. The third-order valence-corrected chi connectivity index (χ3v) is 2.95. The molecule has 19 heavy (non-hydrogen) atoms. The molecule has 1 heterocycles. The third kappa shape index (κ3) is 6.99. The van der Waals surface area contributed by atoms with Crippen LogP contribution in [0.25, 0.3) is 0 Å². The quantitative estimate of drug-likeness (QED) is 0.665. The molecule has 0 aliphatic carbocycles. The van der Waals surface area contributed by atoms with Gasteiger partial charge in [0.05, 0.1) is 0 Å². The molecule has 0 saturated carbocycles. The molecule has 0 radical (unpaired) electrons. The number of aryl methyl sites for hydroxylation is 1. The van der Waals surface area contributed by atoms with Crippen LogP contribution in [0.5, 0.6) is 0 Å². The minimum absolute atomic E-state index is 0.698. The molecule has 0 aromatic carbocycles. The van der Waals surface area contributed by atoms with Crippen molar-refractivity contribution in [3.8, 4) is 0 Å². The molecule has 4 nitrogen and oxygen atoms in total. The lowest BCUT2D eigenvalue weighted by Gasteiger charge is -2.10. The van der Waals surface area contributed by atoms with Crippen molar-refractivity contribution in [3.63, 3.8) is 0 Å². The number of nitrogens with zero attached hydrogens (tertiary/aromatic N) is 2. The normalized spacial score (nSPS) is 10.8. The minimum Gasteiger partial charge on any atom is -0.370 e. The lowest BCUT2D eigenvalue weighted by atomic mass is 10.1. The molecule has 0 amide bonds. The lowest BCUT2D eigenvalue weighted by molar-refractivity contribution is 0.606. The Labute approximate surface area is 117 Å². The van der Waals surface area contributed by atoms with Crippen LogP contribution in [0.3, 0.4) is 0 Å². The summed E-state index contributed by atoms with van der Waals surface area (Å²) in [7, 11) is 0. The zero-order valence-corrected chi connectivity index (χ0v) is 12.8. The zero-order chi connectivity index (χ0) is 14.1. The van der Waals surface area contributed by atoms with Crippen molar-refractivity contribution < 1.29 is 0 Å². The van der Waals surface area contributed by atoms with Crippen molar-refractivity contribution in [2.75, 3.05) is 23.7 Å². The summed E-state index contributed by atoms with van der Waals surface area (Å²) in [6, 6.07) is 2.00. The average Bonchev–Trinajstić information content (AvgIpc) is 2.34. The second-order valence-electron chi connectivity index (χ2n) is 5.46. The maximum atomic E-state index is 4.49. The number of hydrogen-bond acceptors (Lipinski definition) is 4. The van der Waals surface area contributed by atoms with Gasteiger partial charge in [-0.2, -0.15) is 4.98 Å². The van der Waals surface area contributed by atoms with E-state index in [9.17, 15) is 0 Å². The Kier molecular flexibility index (Phi) is 7.23. The van der Waals surface area contributed by atoms with E-state index in [1.807, 2.05) is 13.0 Å². The van der Waals surface area contributed by atoms with E-state index in [-0.39, 0.29) is 0 Å². The van der Waals surface area contributed by atoms with Crippen LogP contribution in [0.4, 0.5) is 11.8 Å². The fourth-order valence-electron chi connectivity index (χ4n) is 1.80. The standard InChI is InChI=1S/C15H28N4/c1-5-6-7-9-16-14-11-13(4)18-15(19-14)17-10-8-12(2)3/h11-12H,5-10H2,1-4H3,(H2,16,17,18,19). The fourth-order valence-corrected chi connectivity index (χ4v) is 1.80. The highest BCUT2D eigenvalue weighted by atomic mass is 15.1. The van der Waals surface area contributed by atoms with Gasteiger partial charge in [0.15, 0.2) is 0 Å². The van der Waals surface area contributed by atoms with E-state index >= 15 is 0 Å². The molecular formula is C15H28N4. The van der Waals surface area contributed by atoms with E-state index in [1.54, 1.807) is 0 Å². The molecule has 0 fully saturated rings. The van der Waals surface area contributed by atoms with E-state index < -0.39 is 0 Å². The highest BCUT2D eigenvalue weighted by molar-refractivity contribution is 5.42. The Morgan fingerprint density at radius 3 is 2.58 bits per heavy atom. The Hall–Kier alpha value is -1.32. The molecule has 0 spiro atoms. The molecule has 0 aliphatic rings. The van der Waals surface area contributed by atoms with Gasteiger partial charge in [0, 0.05) is 24.8 Å². The Balaban J connectivity index is 2.46. The Morgan fingerprint density at radius 2 is 1.89 bits per heavy atom. The number of unbranched alkanes of at least 4 members (excludes halogenated alkanes) is 2. The molecule has 0 atom stereocenters. The van der Waals surface area contributed by atoms with Gasteiger partial charge < -0.3 is 10.6 Å². The molecule has 1 aromatic rings. The number of rotatable bonds is 9. The van der Waals surface area contributed by atoms with Crippen LogP contribution in [0.15, 0.2) is 6.07 Å². The minimum atomic E-state index is 0.698. The summed E-state index contributed by atoms with van der Waals surface area (Å²) < 4.78 is 0. The average molecular weight is 264 g/mol. The molecule has 0 aliphatic heterocycles. The van der Waals surface area contributed by atoms with E-state index in [1.165, 1.54) is 19.3 Å². The van der Waals surface area contributed by atoms with Gasteiger partial charge in [-0.15, -0.1) is 0 Å². The Morgan fingerprint density at radius 1 is 1.11 bits per heavy atom. The second kappa shape index (κ2) is 8.73. The van der Waals surface area contributed by atoms with Crippen molar-refractivity contribution in [2.45, 2.75) is 53.4 Å². The first-order valence-corrected chi connectivity index (χ1v) is 7.45. The highest BCUT2D eigenvalue weighted by Gasteiger charge is 2.02. The fraction of sp³-hybridized carbons (Fsp3) is 0.733. The van der Waals surface area contributed by atoms with Gasteiger partial charge in [-0.25, -0.2) is 4.98 Å². The summed E-state index contributed by atoms with van der Waals surface area (Å²) in [4.78, 5) is 8.91. The largest absolute Gasteiger partial charge is 0.370 e. The van der Waals surface area contributed by atoms with Crippen LogP contribution < -0.4 is 10.6 Å². The van der Waals surface area contributed by atoms with Crippen LogP contribution >= 0.6 is 0 Å². The van der Waals surface area contributed by atoms with E-state index in [2.05, 4.69) is 41.4 Å². The van der Waals surface area contributed by atoms with Crippen LogP contribution in [0.1, 0.15) is 52.1 Å². The predicted molar refractivity (Wildman–Crippen MR) is 82.7 cm³/mol. The number of aromatic nitrogens is 2. The first-order valence-electron chi connectivity index (χ1n) is 7.45. The van der Waals surface area contributed by atoms with Crippen molar-refractivity contribution >= 4 is 11.8 Å². The summed E-state index contributed by atoms with van der Waals surface area (Å²) in [6.07, 6.45) is 4.83. The summed E-state index contributed by atoms with van der Waals surface area (Å²) >= 11 is 0. The smallest absolute Gasteiger partial charge is 0.224 e. The first-order chi connectivity index (χ1) is 9.11. The summed E-state index contributed by atoms with van der Waals surface area (Å²) in [5.74, 6) is 2.36. The highest BCUT2D eigenvalue weighted by Crippen LogP contribution is 2.10. The predicted octanol–water partition coefficient (Wildman–Crippen LogP) is 3.85. The zero-order valence-electron chi connectivity index (χ0n) is 12.8. The molecule has 1 aromatic heterocycles. The second-order valence-corrected chi connectivity index (χ2v) is 5.46. The van der Waals surface area contributed by atoms with E-state index in [4.69, 9.17) is 0 Å². The van der Waals surface area contributed by atoms with Gasteiger partial charge in [0.2, 0.25) is 5.95 Å². The number of anilines is 2. The van der Waals surface area contributed by atoms with Gasteiger partial charge in [-0.05, 0) is 25.7 Å². The van der Waals surface area contributed by atoms with Gasteiger partial charge >= 0.3 is 0 Å². The van der Waals surface area contributed by atoms with Gasteiger partial charge in [0.1, 0.15) is 5.82 Å². The SMILES string of the molecule is CCCCCNc1cc(C)nc(NCCC(C)C)n1. The van der Waals surface area contributed by atoms with Gasteiger partial charge in [-0.1, -0.05) is 33.6 Å². The molecule has 108 valence electrons. The summed E-state index contributed by atoms with van der Waals surface area (Å²) in [5.41, 5.74) is 1.00. The van der Waals surface area contributed by atoms with Gasteiger partial charge in [0.25, 0.3) is 0 Å². The van der Waals surface area contributed by atoms with Crippen LogP contribution in [-0.4, -0.2) is 23.1 Å². The van der Waals surface area contributed by atoms with Crippen LogP contribution in [0.2, 0.25) is 0 Å². The third-order valence-electron chi connectivity index (χ3n) is 2.95. The lowest BCUT2D eigenvalue weighted by Crippen LogP contribution is -2.10. The molecule has 0 saturated heterocycles. The monoisotopic (exact) mass is 264 g/mol. The van der Waals surface area contributed by atoms with Crippen molar-refractivity contribution in [3.05, 3.63) is 11.8 Å². The molecule has 0 unspecified atom stereocenters. The van der Waals surface area contributed by atoms with Crippen molar-refractivity contribution in [1.29, 1.82) is 0 Å². The van der Waals surface area contributed by atoms with E-state index in [0.717, 1.165) is 37.0 Å². The van der Waals surface area contributed by atoms with Crippen LogP contribution in [0, 0.1) is 12.8 Å². The van der Waals surface area contributed by atoms with Crippen molar-refractivity contribution in [2.24, 2.45) is 5.92 Å². The van der Waals surface area contributed by atoms with E-state index in [0.29, 0.717) is 5.92 Å². The number of nitrogens with one attached hydrogen (secondary N) is 2. The number of hydrogen-bond donors (Lipinski definition) is 2. The molecule has 4 heteroatoms. The molecular weight excluding hydrogens is 236 g/mol. The summed E-state index contributed by atoms with van der Waals surface area (Å²) in [6.45, 7) is 10.6. The molecule has 0 bridgehead atoms. The summed E-state index contributed by atoms with van der Waals surface area (Å²) in [5, 5.41) is 6.67. The van der Waals surface area contributed by atoms with Gasteiger partial charge in [-0.3, -0.25) is 0 Å². The van der Waals surface area contributed by atoms with Crippen molar-refractivity contribution in [1.82, 2.24) is 9.97 Å². The topological polar surface area (TPSA) is 49.8 Å². The molecule has 1 rings (SSSR count).